The number of nitrogens with zero attached hydrogens (tertiary/aromatic N) is 1. The van der Waals surface area contributed by atoms with Crippen molar-refractivity contribution in [3.05, 3.63) is 36.0 Å². The van der Waals surface area contributed by atoms with Crippen LogP contribution in [0.5, 0.6) is 0 Å². The summed E-state index contributed by atoms with van der Waals surface area (Å²) in [6.45, 7) is 4.12. The molecule has 1 rings (SSSR count). The van der Waals surface area contributed by atoms with Gasteiger partial charge in [0.15, 0.2) is 0 Å². The number of aromatic nitrogens is 1. The maximum atomic E-state index is 4.14. The molecule has 1 nitrogen and oxygen atoms in total. The van der Waals surface area contributed by atoms with Gasteiger partial charge in [0, 0.05) is 6.20 Å². The third-order valence-corrected chi connectivity index (χ3v) is 1.18. The molecular formula is C8H10KN. The first-order valence-corrected chi connectivity index (χ1v) is 3.02. The zero-order valence-electron chi connectivity index (χ0n) is 6.76. The maximum absolute atomic E-state index is 4.14. The van der Waals surface area contributed by atoms with Crippen molar-refractivity contribution in [2.24, 2.45) is 0 Å². The van der Waals surface area contributed by atoms with Gasteiger partial charge in [0.25, 0.3) is 0 Å². The summed E-state index contributed by atoms with van der Waals surface area (Å²) in [4.78, 5) is 4.14. The Bertz CT molecular complexity index is 172. The smallest absolute Gasteiger partial charge is 0.295 e. The molecule has 2 heteroatoms. The summed E-state index contributed by atoms with van der Waals surface area (Å²) in [5, 5.41) is 0. The first-order valence-electron chi connectivity index (χ1n) is 3.02. The number of hydrogen-bond donors (Lipinski definition) is 0. The van der Waals surface area contributed by atoms with E-state index in [1.165, 1.54) is 5.92 Å². The normalized spacial score (nSPS) is 8.20. The van der Waals surface area contributed by atoms with Crippen molar-refractivity contribution < 1.29 is 51.4 Å². The molecule has 10 heavy (non-hydrogen) atoms. The summed E-state index contributed by atoms with van der Waals surface area (Å²) in [6, 6.07) is 5.93. The van der Waals surface area contributed by atoms with E-state index in [2.05, 4.69) is 18.8 Å². The van der Waals surface area contributed by atoms with Crippen LogP contribution in [0.15, 0.2) is 24.4 Å². The molecule has 0 fully saturated rings. The van der Waals surface area contributed by atoms with Gasteiger partial charge in [0.1, 0.15) is 0 Å². The minimum absolute atomic E-state index is 0. The molecule has 0 bridgehead atoms. The summed E-state index contributed by atoms with van der Waals surface area (Å²) in [6.07, 6.45) is 1.81. The average Bonchev–Trinajstić information content (AvgIpc) is 1.90. The van der Waals surface area contributed by atoms with Gasteiger partial charge in [-0.1, -0.05) is 11.8 Å². The van der Waals surface area contributed by atoms with Crippen molar-refractivity contribution in [2.45, 2.75) is 13.8 Å². The SMILES string of the molecule is C[C-](C)c1ccccn1.[K+]. The van der Waals surface area contributed by atoms with Gasteiger partial charge in [0.2, 0.25) is 0 Å². The van der Waals surface area contributed by atoms with Gasteiger partial charge >= 0.3 is 51.4 Å². The van der Waals surface area contributed by atoms with Gasteiger partial charge in [0.05, 0.1) is 0 Å². The standard InChI is InChI=1S/C8H10N.K/c1-7(2)8-5-3-4-6-9-8;/h3-6H,1-2H3;/q-1;+1. The monoisotopic (exact) mass is 159 g/mol. The zero-order chi connectivity index (χ0) is 6.69. The van der Waals surface area contributed by atoms with Crippen LogP contribution in [-0.2, 0) is 0 Å². The molecule has 0 atom stereocenters. The van der Waals surface area contributed by atoms with E-state index in [-0.39, 0.29) is 51.4 Å². The zero-order valence-corrected chi connectivity index (χ0v) is 9.88. The Balaban J connectivity index is 0.000000810. The third-order valence-electron chi connectivity index (χ3n) is 1.18. The van der Waals surface area contributed by atoms with Crippen LogP contribution in [0.25, 0.3) is 0 Å². The van der Waals surface area contributed by atoms with Gasteiger partial charge in [-0.05, 0) is 0 Å². The molecule has 0 saturated carbocycles. The van der Waals surface area contributed by atoms with E-state index in [1.807, 2.05) is 24.4 Å². The fourth-order valence-corrected chi connectivity index (χ4v) is 0.659. The van der Waals surface area contributed by atoms with E-state index < -0.39 is 0 Å². The van der Waals surface area contributed by atoms with E-state index >= 15 is 0 Å². The minimum atomic E-state index is 0. The molecule has 0 radical (unpaired) electrons. The minimum Gasteiger partial charge on any atom is -0.295 e. The van der Waals surface area contributed by atoms with Crippen LogP contribution >= 0.6 is 0 Å². The van der Waals surface area contributed by atoms with Crippen LogP contribution in [0.1, 0.15) is 19.5 Å². The van der Waals surface area contributed by atoms with Crippen molar-refractivity contribution in [2.75, 3.05) is 0 Å². The Labute approximate surface area is 105 Å². The predicted molar refractivity (Wildman–Crippen MR) is 37.9 cm³/mol. The van der Waals surface area contributed by atoms with Crippen LogP contribution in [-0.4, -0.2) is 4.98 Å². The fourth-order valence-electron chi connectivity index (χ4n) is 0.659. The first kappa shape index (κ1) is 10.7. The molecule has 0 aliphatic heterocycles. The molecular weight excluding hydrogens is 149 g/mol. The van der Waals surface area contributed by atoms with Gasteiger partial charge in [-0.15, -0.1) is 19.9 Å². The van der Waals surface area contributed by atoms with Gasteiger partial charge < -0.3 is 0 Å². The summed E-state index contributed by atoms with van der Waals surface area (Å²) in [5.41, 5.74) is 1.08. The third kappa shape index (κ3) is 3.17. The van der Waals surface area contributed by atoms with Crippen molar-refractivity contribution in [1.29, 1.82) is 0 Å². The second-order valence-corrected chi connectivity index (χ2v) is 2.21. The molecule has 1 aromatic rings. The average molecular weight is 159 g/mol. The Morgan fingerprint density at radius 1 is 1.30 bits per heavy atom. The van der Waals surface area contributed by atoms with Crippen molar-refractivity contribution in [1.82, 2.24) is 4.98 Å². The number of hydrogen-bond acceptors (Lipinski definition) is 1. The Morgan fingerprint density at radius 2 is 2.00 bits per heavy atom. The molecule has 0 saturated heterocycles. The molecule has 0 unspecified atom stereocenters. The molecule has 1 heterocycles. The second kappa shape index (κ2) is 5.33. The van der Waals surface area contributed by atoms with E-state index in [1.54, 1.807) is 0 Å². The van der Waals surface area contributed by atoms with Crippen LogP contribution in [0.2, 0.25) is 0 Å². The number of rotatable bonds is 1. The quantitative estimate of drug-likeness (QED) is 0.380. The summed E-state index contributed by atoms with van der Waals surface area (Å²) in [5.74, 6) is 1.26. The Hall–Kier alpha value is 0.656. The molecule has 1 aromatic heterocycles. The molecule has 48 valence electrons. The van der Waals surface area contributed by atoms with Crippen molar-refractivity contribution >= 4 is 0 Å². The molecule has 0 aromatic carbocycles. The topological polar surface area (TPSA) is 12.9 Å². The number of pyridine rings is 1. The van der Waals surface area contributed by atoms with Crippen molar-refractivity contribution in [3.63, 3.8) is 0 Å². The van der Waals surface area contributed by atoms with Crippen LogP contribution in [0, 0.1) is 5.92 Å². The van der Waals surface area contributed by atoms with Crippen LogP contribution in [0.4, 0.5) is 0 Å². The summed E-state index contributed by atoms with van der Waals surface area (Å²) in [7, 11) is 0. The molecule has 0 amide bonds. The predicted octanol–water partition coefficient (Wildman–Crippen LogP) is -0.952. The van der Waals surface area contributed by atoms with Gasteiger partial charge in [-0.25, -0.2) is 0 Å². The molecule has 0 spiro atoms. The second-order valence-electron chi connectivity index (χ2n) is 2.21. The van der Waals surface area contributed by atoms with Crippen LogP contribution < -0.4 is 51.4 Å². The van der Waals surface area contributed by atoms with E-state index in [9.17, 15) is 0 Å². The maximum Gasteiger partial charge on any atom is 1.00 e. The van der Waals surface area contributed by atoms with Crippen molar-refractivity contribution in [3.8, 4) is 0 Å². The fraction of sp³-hybridized carbons (Fsp3) is 0.250. The first-order chi connectivity index (χ1) is 4.30. The van der Waals surface area contributed by atoms with E-state index in [0.29, 0.717) is 0 Å². The Morgan fingerprint density at radius 3 is 2.30 bits per heavy atom. The van der Waals surface area contributed by atoms with Crippen LogP contribution in [0.3, 0.4) is 0 Å². The van der Waals surface area contributed by atoms with E-state index in [0.717, 1.165) is 5.69 Å². The summed E-state index contributed by atoms with van der Waals surface area (Å²) >= 11 is 0. The van der Waals surface area contributed by atoms with Gasteiger partial charge in [-0.3, -0.25) is 4.98 Å². The molecule has 0 N–H and O–H groups in total. The molecule has 0 aliphatic carbocycles. The Kier molecular flexibility index (Phi) is 5.68. The van der Waals surface area contributed by atoms with E-state index in [4.69, 9.17) is 0 Å². The summed E-state index contributed by atoms with van der Waals surface area (Å²) < 4.78 is 0. The molecule has 0 aliphatic rings. The largest absolute Gasteiger partial charge is 1.00 e. The van der Waals surface area contributed by atoms with Gasteiger partial charge in [-0.2, -0.15) is 12.0 Å².